The zero-order valence-corrected chi connectivity index (χ0v) is 12.9. The van der Waals surface area contributed by atoms with Crippen molar-refractivity contribution < 1.29 is 8.42 Å². The van der Waals surface area contributed by atoms with Crippen molar-refractivity contribution in [2.24, 2.45) is 0 Å². The second-order valence-electron chi connectivity index (χ2n) is 5.50. The lowest BCUT2D eigenvalue weighted by Crippen LogP contribution is -2.23. The van der Waals surface area contributed by atoms with Crippen LogP contribution in [-0.2, 0) is 10.0 Å². The van der Waals surface area contributed by atoms with Crippen molar-refractivity contribution in [3.63, 3.8) is 0 Å². The lowest BCUT2D eigenvalue weighted by Gasteiger charge is -2.20. The molecule has 0 aliphatic carbocycles. The maximum Gasteiger partial charge on any atom is 0.229 e. The molecule has 0 spiro atoms. The van der Waals surface area contributed by atoms with Gasteiger partial charge in [-0.2, -0.15) is 0 Å². The van der Waals surface area contributed by atoms with Gasteiger partial charge in [0.2, 0.25) is 10.0 Å². The number of sulfonamides is 1. The zero-order valence-electron chi connectivity index (χ0n) is 12.1. The summed E-state index contributed by atoms with van der Waals surface area (Å²) in [5, 5.41) is 3.48. The van der Waals surface area contributed by atoms with Crippen molar-refractivity contribution in [3.8, 4) is 0 Å². The monoisotopic (exact) mass is 297 g/mol. The molecule has 6 heteroatoms. The second-order valence-corrected chi connectivity index (χ2v) is 7.24. The number of hydrogen-bond donors (Lipinski definition) is 2. The number of para-hydroxylation sites is 2. The Labute approximate surface area is 121 Å². The summed E-state index contributed by atoms with van der Waals surface area (Å²) in [6.07, 6.45) is 4.52. The van der Waals surface area contributed by atoms with Crippen LogP contribution in [0, 0.1) is 0 Å². The summed E-state index contributed by atoms with van der Waals surface area (Å²) in [7, 11) is -1.11. The second kappa shape index (κ2) is 6.45. The summed E-state index contributed by atoms with van der Waals surface area (Å²) in [6.45, 7) is 2.20. The van der Waals surface area contributed by atoms with E-state index in [0.717, 1.165) is 38.0 Å². The van der Waals surface area contributed by atoms with Crippen LogP contribution < -0.4 is 10.0 Å². The Balaban J connectivity index is 2.08. The van der Waals surface area contributed by atoms with E-state index in [1.807, 2.05) is 18.2 Å². The van der Waals surface area contributed by atoms with Gasteiger partial charge in [-0.05, 0) is 51.5 Å². The van der Waals surface area contributed by atoms with Gasteiger partial charge < -0.3 is 10.2 Å². The molecule has 1 aromatic rings. The first kappa shape index (κ1) is 15.1. The Morgan fingerprint density at radius 2 is 1.85 bits per heavy atom. The van der Waals surface area contributed by atoms with E-state index in [2.05, 4.69) is 22.0 Å². The molecule has 5 nitrogen and oxygen atoms in total. The van der Waals surface area contributed by atoms with Crippen LogP contribution in [0.5, 0.6) is 0 Å². The summed E-state index contributed by atoms with van der Waals surface area (Å²) in [4.78, 5) is 2.34. The lowest BCUT2D eigenvalue weighted by molar-refractivity contribution is 0.348. The maximum atomic E-state index is 11.4. The molecular weight excluding hydrogens is 274 g/mol. The number of nitrogens with zero attached hydrogens (tertiary/aromatic N) is 1. The van der Waals surface area contributed by atoms with E-state index in [1.165, 1.54) is 6.26 Å². The van der Waals surface area contributed by atoms with Gasteiger partial charge in [-0.25, -0.2) is 8.42 Å². The minimum absolute atomic E-state index is 0.391. The van der Waals surface area contributed by atoms with Crippen LogP contribution in [0.25, 0.3) is 0 Å². The highest BCUT2D eigenvalue weighted by atomic mass is 32.2. The van der Waals surface area contributed by atoms with Crippen molar-refractivity contribution in [2.75, 3.05) is 36.4 Å². The normalized spacial score (nSPS) is 21.2. The Hall–Kier alpha value is -1.27. The molecular formula is C14H23N3O2S. The van der Waals surface area contributed by atoms with E-state index in [4.69, 9.17) is 0 Å². The molecule has 1 unspecified atom stereocenters. The van der Waals surface area contributed by atoms with Gasteiger partial charge in [-0.3, -0.25) is 4.72 Å². The number of hydrogen-bond acceptors (Lipinski definition) is 4. The number of rotatable bonds is 4. The summed E-state index contributed by atoms with van der Waals surface area (Å²) in [5.41, 5.74) is 1.47. The number of nitrogens with one attached hydrogen (secondary N) is 2. The van der Waals surface area contributed by atoms with Gasteiger partial charge in [0, 0.05) is 6.04 Å². The molecule has 1 aliphatic heterocycles. The molecule has 2 N–H and O–H groups in total. The molecule has 1 heterocycles. The topological polar surface area (TPSA) is 61.4 Å². The van der Waals surface area contributed by atoms with Crippen LogP contribution in [0.15, 0.2) is 24.3 Å². The average Bonchev–Trinajstić information content (AvgIpc) is 2.55. The summed E-state index contributed by atoms with van der Waals surface area (Å²) < 4.78 is 25.4. The van der Waals surface area contributed by atoms with Gasteiger partial charge in [0.1, 0.15) is 0 Å². The summed E-state index contributed by atoms with van der Waals surface area (Å²) >= 11 is 0. The van der Waals surface area contributed by atoms with Crippen LogP contribution >= 0.6 is 0 Å². The lowest BCUT2D eigenvalue weighted by atomic mass is 10.1. The van der Waals surface area contributed by atoms with Gasteiger partial charge in [0.15, 0.2) is 0 Å². The Kier molecular flexibility index (Phi) is 4.88. The molecule has 0 aromatic heterocycles. The van der Waals surface area contributed by atoms with E-state index in [0.29, 0.717) is 11.7 Å². The molecule has 1 saturated heterocycles. The molecule has 1 atom stereocenters. The predicted molar refractivity (Wildman–Crippen MR) is 83.7 cm³/mol. The smallest absolute Gasteiger partial charge is 0.229 e. The first-order chi connectivity index (χ1) is 9.44. The number of benzene rings is 1. The molecule has 1 aliphatic rings. The third-order valence-corrected chi connectivity index (χ3v) is 4.12. The quantitative estimate of drug-likeness (QED) is 0.892. The molecule has 0 bridgehead atoms. The number of anilines is 2. The molecule has 20 heavy (non-hydrogen) atoms. The van der Waals surface area contributed by atoms with Crippen LogP contribution in [0.2, 0.25) is 0 Å². The van der Waals surface area contributed by atoms with Gasteiger partial charge in [0.05, 0.1) is 17.6 Å². The van der Waals surface area contributed by atoms with E-state index in [-0.39, 0.29) is 0 Å². The molecule has 112 valence electrons. The van der Waals surface area contributed by atoms with E-state index in [9.17, 15) is 8.42 Å². The molecule has 2 rings (SSSR count). The van der Waals surface area contributed by atoms with E-state index < -0.39 is 10.0 Å². The molecule has 1 fully saturated rings. The van der Waals surface area contributed by atoms with Gasteiger partial charge in [-0.15, -0.1) is 0 Å². The minimum Gasteiger partial charge on any atom is -0.381 e. The average molecular weight is 297 g/mol. The SMILES string of the molecule is CN1CCCC(Nc2ccccc2NS(C)(=O)=O)CC1. The van der Waals surface area contributed by atoms with Crippen LogP contribution in [0.3, 0.4) is 0 Å². The van der Waals surface area contributed by atoms with E-state index >= 15 is 0 Å². The fourth-order valence-electron chi connectivity index (χ4n) is 2.50. The largest absolute Gasteiger partial charge is 0.381 e. The standard InChI is InChI=1S/C14H23N3O2S/c1-17-10-5-6-12(9-11-17)15-13-7-3-4-8-14(13)16-20(2,18)19/h3-4,7-8,12,15-16H,5-6,9-11H2,1-2H3. The highest BCUT2D eigenvalue weighted by molar-refractivity contribution is 7.92. The Bertz CT molecular complexity index is 545. The molecule has 1 aromatic carbocycles. The van der Waals surface area contributed by atoms with Crippen molar-refractivity contribution >= 4 is 21.4 Å². The van der Waals surface area contributed by atoms with Gasteiger partial charge >= 0.3 is 0 Å². The maximum absolute atomic E-state index is 11.4. The Morgan fingerprint density at radius 1 is 1.15 bits per heavy atom. The summed E-state index contributed by atoms with van der Waals surface area (Å²) in [6, 6.07) is 7.84. The highest BCUT2D eigenvalue weighted by Gasteiger charge is 2.16. The Morgan fingerprint density at radius 3 is 2.55 bits per heavy atom. The van der Waals surface area contributed by atoms with Gasteiger partial charge in [0.25, 0.3) is 0 Å². The third-order valence-electron chi connectivity index (χ3n) is 3.53. The van der Waals surface area contributed by atoms with Crippen molar-refractivity contribution in [2.45, 2.75) is 25.3 Å². The first-order valence-electron chi connectivity index (χ1n) is 6.96. The van der Waals surface area contributed by atoms with Crippen LogP contribution in [0.4, 0.5) is 11.4 Å². The zero-order chi connectivity index (χ0) is 14.6. The van der Waals surface area contributed by atoms with Crippen LogP contribution in [0.1, 0.15) is 19.3 Å². The fourth-order valence-corrected chi connectivity index (χ4v) is 3.08. The minimum atomic E-state index is -3.25. The van der Waals surface area contributed by atoms with Crippen molar-refractivity contribution in [3.05, 3.63) is 24.3 Å². The highest BCUT2D eigenvalue weighted by Crippen LogP contribution is 2.25. The van der Waals surface area contributed by atoms with Crippen molar-refractivity contribution in [1.29, 1.82) is 0 Å². The molecule has 0 saturated carbocycles. The number of likely N-dealkylation sites (tertiary alicyclic amines) is 1. The molecule has 0 radical (unpaired) electrons. The first-order valence-corrected chi connectivity index (χ1v) is 8.85. The van der Waals surface area contributed by atoms with Gasteiger partial charge in [-0.1, -0.05) is 12.1 Å². The van der Waals surface area contributed by atoms with E-state index in [1.54, 1.807) is 6.07 Å². The summed E-state index contributed by atoms with van der Waals surface area (Å²) in [5.74, 6) is 0. The fraction of sp³-hybridized carbons (Fsp3) is 0.571. The third kappa shape index (κ3) is 4.68. The predicted octanol–water partition coefficient (Wildman–Crippen LogP) is 1.95. The van der Waals surface area contributed by atoms with Crippen LogP contribution in [-0.4, -0.2) is 45.8 Å². The van der Waals surface area contributed by atoms with Crippen molar-refractivity contribution in [1.82, 2.24) is 4.90 Å². The molecule has 0 amide bonds.